The van der Waals surface area contributed by atoms with Crippen LogP contribution in [0.25, 0.3) is 0 Å². The molecule has 2 rings (SSSR count). The fraction of sp³-hybridized carbons (Fsp3) is 0.929. The highest BCUT2D eigenvalue weighted by molar-refractivity contribution is 5.79. The first kappa shape index (κ1) is 12.9. The first-order chi connectivity index (χ1) is 8.31. The second-order valence-corrected chi connectivity index (χ2v) is 5.64. The number of hydrogen-bond donors (Lipinski definition) is 1. The Kier molecular flexibility index (Phi) is 4.84. The van der Waals surface area contributed by atoms with Crippen LogP contribution in [-0.2, 0) is 4.79 Å². The van der Waals surface area contributed by atoms with Crippen LogP contribution in [-0.4, -0.2) is 35.6 Å². The summed E-state index contributed by atoms with van der Waals surface area (Å²) in [6.45, 7) is 2.06. The number of rotatable bonds is 3. The molecule has 1 aliphatic carbocycles. The minimum atomic E-state index is 0.260. The largest absolute Gasteiger partial charge is 0.396 e. The predicted octanol–water partition coefficient (Wildman–Crippen LogP) is 2.19. The lowest BCUT2D eigenvalue weighted by Crippen LogP contribution is -2.34. The fourth-order valence-corrected chi connectivity index (χ4v) is 3.24. The van der Waals surface area contributed by atoms with Gasteiger partial charge in [-0.15, -0.1) is 0 Å². The molecule has 0 bridgehead atoms. The maximum atomic E-state index is 12.4. The van der Waals surface area contributed by atoms with Crippen molar-refractivity contribution in [2.45, 2.75) is 51.4 Å². The maximum absolute atomic E-state index is 12.4. The van der Waals surface area contributed by atoms with Gasteiger partial charge in [0.1, 0.15) is 0 Å². The molecular formula is C14H25NO2. The zero-order valence-corrected chi connectivity index (χ0v) is 10.7. The van der Waals surface area contributed by atoms with Crippen LogP contribution >= 0.6 is 0 Å². The van der Waals surface area contributed by atoms with Gasteiger partial charge in [-0.25, -0.2) is 0 Å². The van der Waals surface area contributed by atoms with Crippen molar-refractivity contribution >= 4 is 5.91 Å². The van der Waals surface area contributed by atoms with Crippen molar-refractivity contribution in [3.63, 3.8) is 0 Å². The van der Waals surface area contributed by atoms with Gasteiger partial charge in [-0.05, 0) is 31.6 Å². The predicted molar refractivity (Wildman–Crippen MR) is 67.6 cm³/mol. The van der Waals surface area contributed by atoms with Gasteiger partial charge >= 0.3 is 0 Å². The molecule has 1 saturated heterocycles. The Labute approximate surface area is 104 Å². The van der Waals surface area contributed by atoms with Crippen LogP contribution in [0.1, 0.15) is 51.4 Å². The number of nitrogens with zero attached hydrogens (tertiary/aromatic N) is 1. The Morgan fingerprint density at radius 1 is 1.12 bits per heavy atom. The lowest BCUT2D eigenvalue weighted by Gasteiger charge is -2.22. The fourth-order valence-electron chi connectivity index (χ4n) is 3.24. The highest BCUT2D eigenvalue weighted by Gasteiger charge is 2.30. The zero-order valence-electron chi connectivity index (χ0n) is 10.7. The van der Waals surface area contributed by atoms with Crippen LogP contribution in [0.5, 0.6) is 0 Å². The second-order valence-electron chi connectivity index (χ2n) is 5.64. The third-order valence-corrected chi connectivity index (χ3v) is 4.34. The minimum Gasteiger partial charge on any atom is -0.396 e. The lowest BCUT2D eigenvalue weighted by atomic mass is 9.99. The Morgan fingerprint density at radius 3 is 2.47 bits per heavy atom. The smallest absolute Gasteiger partial charge is 0.225 e. The van der Waals surface area contributed by atoms with Crippen LogP contribution in [0, 0.1) is 11.8 Å². The number of aliphatic hydroxyl groups excluding tert-OH is 1. The number of amides is 1. The molecule has 0 radical (unpaired) electrons. The van der Waals surface area contributed by atoms with E-state index < -0.39 is 0 Å². The standard InChI is InChI=1S/C14H25NO2/c16-10-8-12-7-9-15(11-12)14(17)13-5-3-1-2-4-6-13/h12-13,16H,1-11H2. The van der Waals surface area contributed by atoms with E-state index in [0.717, 1.165) is 38.8 Å². The van der Waals surface area contributed by atoms with Gasteiger partial charge in [0.25, 0.3) is 0 Å². The molecule has 17 heavy (non-hydrogen) atoms. The number of carbonyl (C=O) groups excluding carboxylic acids is 1. The third kappa shape index (κ3) is 3.44. The van der Waals surface area contributed by atoms with Crippen molar-refractivity contribution in [3.05, 3.63) is 0 Å². The summed E-state index contributed by atoms with van der Waals surface area (Å²) in [7, 11) is 0. The van der Waals surface area contributed by atoms with Crippen molar-refractivity contribution < 1.29 is 9.90 Å². The Morgan fingerprint density at radius 2 is 1.82 bits per heavy atom. The van der Waals surface area contributed by atoms with E-state index in [0.29, 0.717) is 17.7 Å². The highest BCUT2D eigenvalue weighted by Crippen LogP contribution is 2.27. The Balaban J connectivity index is 1.83. The zero-order chi connectivity index (χ0) is 12.1. The van der Waals surface area contributed by atoms with Crippen molar-refractivity contribution in [2.75, 3.05) is 19.7 Å². The number of carbonyl (C=O) groups is 1. The number of likely N-dealkylation sites (tertiary alicyclic amines) is 1. The second kappa shape index (κ2) is 6.39. The SMILES string of the molecule is O=C(C1CCCCCC1)N1CCC(CCO)C1. The molecule has 1 heterocycles. The molecule has 1 N–H and O–H groups in total. The molecule has 1 unspecified atom stereocenters. The Hall–Kier alpha value is -0.570. The van der Waals surface area contributed by atoms with Crippen molar-refractivity contribution in [3.8, 4) is 0 Å². The van der Waals surface area contributed by atoms with E-state index in [4.69, 9.17) is 5.11 Å². The monoisotopic (exact) mass is 239 g/mol. The maximum Gasteiger partial charge on any atom is 0.225 e. The first-order valence-electron chi connectivity index (χ1n) is 7.21. The third-order valence-electron chi connectivity index (χ3n) is 4.34. The van der Waals surface area contributed by atoms with Crippen LogP contribution < -0.4 is 0 Å². The summed E-state index contributed by atoms with van der Waals surface area (Å²) in [6, 6.07) is 0. The van der Waals surface area contributed by atoms with Crippen molar-refractivity contribution in [1.29, 1.82) is 0 Å². The molecule has 3 heteroatoms. The number of aliphatic hydroxyl groups is 1. The minimum absolute atomic E-state index is 0.260. The molecule has 0 spiro atoms. The molecule has 0 aromatic rings. The summed E-state index contributed by atoms with van der Waals surface area (Å²) >= 11 is 0. The van der Waals surface area contributed by atoms with E-state index in [1.165, 1.54) is 25.7 Å². The van der Waals surface area contributed by atoms with E-state index in [1.54, 1.807) is 0 Å². The van der Waals surface area contributed by atoms with E-state index in [1.807, 2.05) is 0 Å². The van der Waals surface area contributed by atoms with Crippen LogP contribution in [0.2, 0.25) is 0 Å². The van der Waals surface area contributed by atoms with Gasteiger partial charge in [-0.2, -0.15) is 0 Å². The van der Waals surface area contributed by atoms with Gasteiger partial charge in [0.15, 0.2) is 0 Å². The van der Waals surface area contributed by atoms with E-state index in [2.05, 4.69) is 4.90 Å². The summed E-state index contributed by atoms with van der Waals surface area (Å²) in [4.78, 5) is 14.4. The molecule has 0 aromatic carbocycles. The van der Waals surface area contributed by atoms with E-state index >= 15 is 0 Å². The molecule has 1 aliphatic heterocycles. The Bertz CT molecular complexity index is 247. The summed E-state index contributed by atoms with van der Waals surface area (Å²) in [6.07, 6.45) is 9.19. The van der Waals surface area contributed by atoms with Gasteiger partial charge in [0, 0.05) is 25.6 Å². The van der Waals surface area contributed by atoms with Crippen LogP contribution in [0.4, 0.5) is 0 Å². The van der Waals surface area contributed by atoms with Gasteiger partial charge < -0.3 is 10.0 Å². The van der Waals surface area contributed by atoms with Gasteiger partial charge in [0.05, 0.1) is 0 Å². The molecule has 1 atom stereocenters. The number of hydrogen-bond acceptors (Lipinski definition) is 2. The van der Waals surface area contributed by atoms with Gasteiger partial charge in [-0.3, -0.25) is 4.79 Å². The summed E-state index contributed by atoms with van der Waals surface area (Å²) < 4.78 is 0. The molecule has 3 nitrogen and oxygen atoms in total. The highest BCUT2D eigenvalue weighted by atomic mass is 16.3. The molecular weight excluding hydrogens is 214 g/mol. The summed E-state index contributed by atoms with van der Waals surface area (Å²) in [5.41, 5.74) is 0. The molecule has 98 valence electrons. The molecule has 2 aliphatic rings. The van der Waals surface area contributed by atoms with Crippen LogP contribution in [0.3, 0.4) is 0 Å². The van der Waals surface area contributed by atoms with Gasteiger partial charge in [-0.1, -0.05) is 25.7 Å². The van der Waals surface area contributed by atoms with Gasteiger partial charge in [0.2, 0.25) is 5.91 Å². The first-order valence-corrected chi connectivity index (χ1v) is 7.21. The molecule has 1 amide bonds. The van der Waals surface area contributed by atoms with Crippen molar-refractivity contribution in [2.24, 2.45) is 11.8 Å². The quantitative estimate of drug-likeness (QED) is 0.767. The topological polar surface area (TPSA) is 40.5 Å². The average Bonchev–Trinajstić information content (AvgIpc) is 2.64. The van der Waals surface area contributed by atoms with E-state index in [9.17, 15) is 4.79 Å². The normalized spacial score (nSPS) is 27.1. The molecule has 0 aromatic heterocycles. The lowest BCUT2D eigenvalue weighted by molar-refractivity contribution is -0.135. The summed E-state index contributed by atoms with van der Waals surface area (Å²) in [5, 5.41) is 8.93. The van der Waals surface area contributed by atoms with E-state index in [-0.39, 0.29) is 6.61 Å². The summed E-state index contributed by atoms with van der Waals surface area (Å²) in [5.74, 6) is 1.23. The molecule has 1 saturated carbocycles. The van der Waals surface area contributed by atoms with Crippen molar-refractivity contribution in [1.82, 2.24) is 4.90 Å². The van der Waals surface area contributed by atoms with Crippen LogP contribution in [0.15, 0.2) is 0 Å². The average molecular weight is 239 g/mol. The molecule has 2 fully saturated rings.